The third-order valence-electron chi connectivity index (χ3n) is 4.37. The number of carbonyl (C=O) groups excluding carboxylic acids is 2. The largest absolute Gasteiger partial charge is 0.465 e. The van der Waals surface area contributed by atoms with Gasteiger partial charge in [-0.2, -0.15) is 5.10 Å². The quantitative estimate of drug-likeness (QED) is 0.348. The van der Waals surface area contributed by atoms with Crippen molar-refractivity contribution in [2.75, 3.05) is 14.2 Å². The van der Waals surface area contributed by atoms with E-state index in [1.165, 1.54) is 18.9 Å². The van der Waals surface area contributed by atoms with Crippen molar-refractivity contribution in [2.45, 2.75) is 19.6 Å². The number of carbonyl (C=O) groups is 2. The van der Waals surface area contributed by atoms with Crippen LogP contribution in [-0.2, 0) is 9.47 Å². The van der Waals surface area contributed by atoms with Crippen molar-refractivity contribution >= 4 is 20.0 Å². The van der Waals surface area contributed by atoms with E-state index in [1.807, 2.05) is 42.5 Å². The minimum Gasteiger partial charge on any atom is -0.465 e. The van der Waals surface area contributed by atoms with Crippen LogP contribution in [0, 0.1) is 11.5 Å². The van der Waals surface area contributed by atoms with Crippen LogP contribution in [0.3, 0.4) is 0 Å². The van der Waals surface area contributed by atoms with Crippen molar-refractivity contribution in [3.63, 3.8) is 0 Å². The average molecular weight is 433 g/mol. The van der Waals surface area contributed by atoms with Gasteiger partial charge in [-0.1, -0.05) is 55.9 Å². The van der Waals surface area contributed by atoms with Gasteiger partial charge >= 0.3 is 11.9 Å². The number of hydrogen-bond donors (Lipinski definition) is 0. The van der Waals surface area contributed by atoms with Gasteiger partial charge in [0.25, 0.3) is 0 Å². The summed E-state index contributed by atoms with van der Waals surface area (Å²) in [5.74, 6) is 1.86. The number of para-hydroxylation sites is 1. The number of benzene rings is 2. The molecule has 3 rings (SSSR count). The van der Waals surface area contributed by atoms with Crippen LogP contribution in [0.1, 0.15) is 26.4 Å². The Labute approximate surface area is 182 Å². The fourth-order valence-electron chi connectivity index (χ4n) is 2.96. The molecule has 0 aliphatic rings. The summed E-state index contributed by atoms with van der Waals surface area (Å²) < 4.78 is 11.4. The first-order valence-electron chi connectivity index (χ1n) is 9.74. The molecule has 0 spiro atoms. The third kappa shape index (κ3) is 4.93. The monoisotopic (exact) mass is 432 g/mol. The zero-order valence-electron chi connectivity index (χ0n) is 18.2. The molecule has 0 unspecified atom stereocenters. The van der Waals surface area contributed by atoms with Gasteiger partial charge in [-0.25, -0.2) is 14.3 Å². The van der Waals surface area contributed by atoms with Crippen molar-refractivity contribution in [3.05, 3.63) is 71.4 Å². The van der Waals surface area contributed by atoms with Crippen LogP contribution in [0.25, 0.3) is 16.9 Å². The summed E-state index contributed by atoms with van der Waals surface area (Å²) in [5, 5.41) is 4.61. The standard InChI is InChI=1S/C24H24N2O4Si/c1-29-23(27)20-21(18-11-9-10-17(16-18)14-15-31(3,4)5)25-26(22(20)24(28)30-2)19-12-7-6-8-13-19/h6-13,16H,1-5H3. The summed E-state index contributed by atoms with van der Waals surface area (Å²) in [7, 11) is 0.972. The summed E-state index contributed by atoms with van der Waals surface area (Å²) in [5.41, 5.74) is 5.80. The predicted molar refractivity (Wildman–Crippen MR) is 122 cm³/mol. The number of rotatable bonds is 4. The number of nitrogens with zero attached hydrogens (tertiary/aromatic N) is 2. The van der Waals surface area contributed by atoms with Gasteiger partial charge in [0.05, 0.1) is 19.9 Å². The van der Waals surface area contributed by atoms with E-state index in [0.29, 0.717) is 16.9 Å². The maximum absolute atomic E-state index is 12.7. The maximum atomic E-state index is 12.7. The molecule has 0 radical (unpaired) electrons. The lowest BCUT2D eigenvalue weighted by Crippen LogP contribution is -2.16. The van der Waals surface area contributed by atoms with Crippen molar-refractivity contribution in [1.29, 1.82) is 0 Å². The van der Waals surface area contributed by atoms with Gasteiger partial charge in [-0.15, -0.1) is 5.54 Å². The Hall–Kier alpha value is -3.63. The highest BCUT2D eigenvalue weighted by atomic mass is 28.3. The van der Waals surface area contributed by atoms with Crippen LogP contribution in [0.4, 0.5) is 0 Å². The molecule has 3 aromatic rings. The highest BCUT2D eigenvalue weighted by molar-refractivity contribution is 6.83. The van der Waals surface area contributed by atoms with E-state index >= 15 is 0 Å². The van der Waals surface area contributed by atoms with E-state index in [4.69, 9.17) is 9.47 Å². The molecule has 0 bridgehead atoms. The molecule has 158 valence electrons. The molecule has 7 heteroatoms. The third-order valence-corrected chi connectivity index (χ3v) is 5.25. The van der Waals surface area contributed by atoms with E-state index in [2.05, 4.69) is 36.2 Å². The van der Waals surface area contributed by atoms with Gasteiger partial charge in [-0.3, -0.25) is 0 Å². The van der Waals surface area contributed by atoms with Gasteiger partial charge in [0.15, 0.2) is 5.69 Å². The molecule has 0 saturated carbocycles. The molecule has 0 aliphatic carbocycles. The minimum atomic E-state index is -1.56. The Bertz CT molecular complexity index is 1180. The Morgan fingerprint density at radius 2 is 1.61 bits per heavy atom. The van der Waals surface area contributed by atoms with Gasteiger partial charge in [0.2, 0.25) is 0 Å². The number of esters is 2. The number of aromatic nitrogens is 2. The maximum Gasteiger partial charge on any atom is 0.357 e. The number of hydrogen-bond acceptors (Lipinski definition) is 5. The minimum absolute atomic E-state index is 0.00846. The molecule has 6 nitrogen and oxygen atoms in total. The second-order valence-corrected chi connectivity index (χ2v) is 12.6. The molecule has 0 fully saturated rings. The van der Waals surface area contributed by atoms with Crippen LogP contribution in [0.2, 0.25) is 19.6 Å². The molecular weight excluding hydrogens is 408 g/mol. The zero-order chi connectivity index (χ0) is 22.6. The Morgan fingerprint density at radius 1 is 0.935 bits per heavy atom. The Balaban J connectivity index is 2.28. The molecule has 1 heterocycles. The van der Waals surface area contributed by atoms with E-state index in [-0.39, 0.29) is 11.3 Å². The van der Waals surface area contributed by atoms with Crippen LogP contribution >= 0.6 is 0 Å². The van der Waals surface area contributed by atoms with Gasteiger partial charge in [0.1, 0.15) is 19.3 Å². The normalized spacial score (nSPS) is 10.7. The van der Waals surface area contributed by atoms with Crippen LogP contribution in [0.5, 0.6) is 0 Å². The molecule has 0 atom stereocenters. The molecule has 1 aromatic heterocycles. The lowest BCUT2D eigenvalue weighted by molar-refractivity contribution is 0.0549. The van der Waals surface area contributed by atoms with Crippen molar-refractivity contribution in [1.82, 2.24) is 9.78 Å². The number of methoxy groups -OCH3 is 2. The number of ether oxygens (including phenoxy) is 2. The fraction of sp³-hybridized carbons (Fsp3) is 0.208. The molecule has 2 aromatic carbocycles. The molecule has 0 N–H and O–H groups in total. The van der Waals surface area contributed by atoms with Crippen LogP contribution in [-0.4, -0.2) is 44.0 Å². The second kappa shape index (κ2) is 9.02. The lowest BCUT2D eigenvalue weighted by atomic mass is 10.0. The van der Waals surface area contributed by atoms with Crippen LogP contribution in [0.15, 0.2) is 54.6 Å². The summed E-state index contributed by atoms with van der Waals surface area (Å²) in [6.45, 7) is 6.51. The van der Waals surface area contributed by atoms with Crippen molar-refractivity contribution in [3.8, 4) is 28.4 Å². The molecule has 31 heavy (non-hydrogen) atoms. The van der Waals surface area contributed by atoms with E-state index in [1.54, 1.807) is 12.1 Å². The highest BCUT2D eigenvalue weighted by Gasteiger charge is 2.31. The summed E-state index contributed by atoms with van der Waals surface area (Å²) in [6.07, 6.45) is 0. The molecule has 0 amide bonds. The predicted octanol–water partition coefficient (Wildman–Crippen LogP) is 4.34. The Morgan fingerprint density at radius 3 is 2.23 bits per heavy atom. The van der Waals surface area contributed by atoms with E-state index < -0.39 is 20.0 Å². The summed E-state index contributed by atoms with van der Waals surface area (Å²) in [6, 6.07) is 16.5. The summed E-state index contributed by atoms with van der Waals surface area (Å²) >= 11 is 0. The fourth-order valence-corrected chi connectivity index (χ4v) is 3.48. The van der Waals surface area contributed by atoms with Crippen molar-refractivity contribution in [2.24, 2.45) is 0 Å². The molecular formula is C24H24N2O4Si. The first-order valence-corrected chi connectivity index (χ1v) is 13.2. The first-order chi connectivity index (χ1) is 14.7. The van der Waals surface area contributed by atoms with E-state index in [9.17, 15) is 9.59 Å². The second-order valence-electron chi connectivity index (χ2n) is 7.88. The smallest absolute Gasteiger partial charge is 0.357 e. The highest BCUT2D eigenvalue weighted by Crippen LogP contribution is 2.29. The van der Waals surface area contributed by atoms with Crippen molar-refractivity contribution < 1.29 is 19.1 Å². The molecule has 0 aliphatic heterocycles. The SMILES string of the molecule is COC(=O)c1c(-c2cccc(C#C[Si](C)(C)C)c2)nn(-c2ccccc2)c1C(=O)OC. The van der Waals surface area contributed by atoms with E-state index in [0.717, 1.165) is 5.56 Å². The zero-order valence-corrected chi connectivity index (χ0v) is 19.2. The Kier molecular flexibility index (Phi) is 6.42. The molecule has 0 saturated heterocycles. The topological polar surface area (TPSA) is 70.4 Å². The van der Waals surface area contributed by atoms with Crippen LogP contribution < -0.4 is 0 Å². The first kappa shape index (κ1) is 22.1. The van der Waals surface area contributed by atoms with Gasteiger partial charge in [-0.05, 0) is 24.3 Å². The van der Waals surface area contributed by atoms with Gasteiger partial charge in [0, 0.05) is 11.1 Å². The average Bonchev–Trinajstić information content (AvgIpc) is 3.17. The van der Waals surface area contributed by atoms with Gasteiger partial charge < -0.3 is 9.47 Å². The lowest BCUT2D eigenvalue weighted by Gasteiger charge is -2.07. The summed E-state index contributed by atoms with van der Waals surface area (Å²) in [4.78, 5) is 25.4.